The molecule has 1 aliphatic heterocycles. The number of nitrogens with one attached hydrogen (secondary N) is 1. The highest BCUT2D eigenvalue weighted by Crippen LogP contribution is 2.26. The van der Waals surface area contributed by atoms with Crippen LogP contribution in [0.15, 0.2) is 0 Å². The van der Waals surface area contributed by atoms with E-state index in [0.717, 1.165) is 13.1 Å². The Kier molecular flexibility index (Phi) is 5.40. The van der Waals surface area contributed by atoms with E-state index >= 15 is 0 Å². The number of amides is 1. The second-order valence-electron chi connectivity index (χ2n) is 5.26. The SMILES string of the molecule is CNCCN(C)C(=O)C(C)N1C(C)CCC1C. The summed E-state index contributed by atoms with van der Waals surface area (Å²) < 4.78 is 0. The molecule has 0 aromatic carbocycles. The van der Waals surface area contributed by atoms with Crippen LogP contribution in [0.2, 0.25) is 0 Å². The van der Waals surface area contributed by atoms with Gasteiger partial charge in [0.2, 0.25) is 5.91 Å². The Hall–Kier alpha value is -0.610. The maximum absolute atomic E-state index is 12.3. The molecule has 4 heteroatoms. The van der Waals surface area contributed by atoms with Crippen LogP contribution in [0.5, 0.6) is 0 Å². The van der Waals surface area contributed by atoms with Crippen molar-refractivity contribution in [3.8, 4) is 0 Å². The molecule has 3 unspecified atom stereocenters. The lowest BCUT2D eigenvalue weighted by molar-refractivity contribution is -0.136. The first-order chi connectivity index (χ1) is 7.99. The van der Waals surface area contributed by atoms with Crippen molar-refractivity contribution in [1.82, 2.24) is 15.1 Å². The van der Waals surface area contributed by atoms with Crippen molar-refractivity contribution in [1.29, 1.82) is 0 Å². The monoisotopic (exact) mass is 241 g/mol. The normalized spacial score (nSPS) is 27.1. The minimum atomic E-state index is 0.00403. The third kappa shape index (κ3) is 3.42. The number of carbonyl (C=O) groups excluding carboxylic acids is 1. The Morgan fingerprint density at radius 3 is 2.41 bits per heavy atom. The van der Waals surface area contributed by atoms with Crippen molar-refractivity contribution in [3.63, 3.8) is 0 Å². The summed E-state index contributed by atoms with van der Waals surface area (Å²) in [5.41, 5.74) is 0. The topological polar surface area (TPSA) is 35.6 Å². The van der Waals surface area contributed by atoms with Crippen molar-refractivity contribution in [2.45, 2.75) is 51.7 Å². The van der Waals surface area contributed by atoms with Crippen LogP contribution in [0.3, 0.4) is 0 Å². The number of carbonyl (C=O) groups is 1. The lowest BCUT2D eigenvalue weighted by Crippen LogP contribution is -2.50. The second-order valence-corrected chi connectivity index (χ2v) is 5.26. The van der Waals surface area contributed by atoms with Crippen LogP contribution in [0.25, 0.3) is 0 Å². The Bertz CT molecular complexity index is 247. The van der Waals surface area contributed by atoms with Crippen LogP contribution in [0, 0.1) is 0 Å². The quantitative estimate of drug-likeness (QED) is 0.777. The highest BCUT2D eigenvalue weighted by molar-refractivity contribution is 5.81. The summed E-state index contributed by atoms with van der Waals surface area (Å²) in [6.07, 6.45) is 2.41. The van der Waals surface area contributed by atoms with Crippen molar-refractivity contribution in [2.24, 2.45) is 0 Å². The molecule has 1 fully saturated rings. The smallest absolute Gasteiger partial charge is 0.239 e. The van der Waals surface area contributed by atoms with Gasteiger partial charge in [0.05, 0.1) is 6.04 Å². The van der Waals surface area contributed by atoms with E-state index in [1.54, 1.807) is 0 Å². The minimum Gasteiger partial charge on any atom is -0.343 e. The first-order valence-corrected chi connectivity index (χ1v) is 6.66. The van der Waals surface area contributed by atoms with E-state index in [2.05, 4.69) is 24.1 Å². The summed E-state index contributed by atoms with van der Waals surface area (Å²) in [5, 5.41) is 3.07. The molecule has 0 saturated carbocycles. The number of hydrogen-bond acceptors (Lipinski definition) is 3. The first-order valence-electron chi connectivity index (χ1n) is 6.66. The van der Waals surface area contributed by atoms with E-state index in [9.17, 15) is 4.79 Å². The van der Waals surface area contributed by atoms with Crippen molar-refractivity contribution < 1.29 is 4.79 Å². The summed E-state index contributed by atoms with van der Waals surface area (Å²) in [6, 6.07) is 1.06. The Morgan fingerprint density at radius 1 is 1.41 bits per heavy atom. The van der Waals surface area contributed by atoms with Crippen LogP contribution in [-0.2, 0) is 4.79 Å². The lowest BCUT2D eigenvalue weighted by Gasteiger charge is -2.34. The fourth-order valence-corrected chi connectivity index (χ4v) is 2.81. The Balaban J connectivity index is 2.56. The van der Waals surface area contributed by atoms with Gasteiger partial charge in [-0.1, -0.05) is 0 Å². The lowest BCUT2D eigenvalue weighted by atomic mass is 10.2. The van der Waals surface area contributed by atoms with Gasteiger partial charge in [0.15, 0.2) is 0 Å². The zero-order valence-electron chi connectivity index (χ0n) is 11.9. The molecule has 1 N–H and O–H groups in total. The second kappa shape index (κ2) is 6.36. The molecule has 100 valence electrons. The third-order valence-electron chi connectivity index (χ3n) is 3.90. The summed E-state index contributed by atoms with van der Waals surface area (Å²) in [6.45, 7) is 8.11. The van der Waals surface area contributed by atoms with Crippen LogP contribution >= 0.6 is 0 Å². The van der Waals surface area contributed by atoms with Gasteiger partial charge < -0.3 is 10.2 Å². The fraction of sp³-hybridized carbons (Fsp3) is 0.923. The van der Waals surface area contributed by atoms with Crippen molar-refractivity contribution >= 4 is 5.91 Å². The molecular weight excluding hydrogens is 214 g/mol. The largest absolute Gasteiger partial charge is 0.343 e. The van der Waals surface area contributed by atoms with E-state index in [1.807, 2.05) is 25.9 Å². The molecule has 0 aromatic rings. The summed E-state index contributed by atoms with van der Waals surface area (Å²) in [5.74, 6) is 0.237. The zero-order valence-corrected chi connectivity index (χ0v) is 11.9. The number of likely N-dealkylation sites (N-methyl/N-ethyl adjacent to an activating group) is 2. The standard InChI is InChI=1S/C13H27N3O/c1-10-6-7-11(2)16(10)12(3)13(17)15(5)9-8-14-4/h10-12,14H,6-9H2,1-5H3. The molecular formula is C13H27N3O. The molecule has 3 atom stereocenters. The van der Waals surface area contributed by atoms with E-state index in [-0.39, 0.29) is 11.9 Å². The predicted molar refractivity (Wildman–Crippen MR) is 71.0 cm³/mol. The van der Waals surface area contributed by atoms with Gasteiger partial charge in [-0.15, -0.1) is 0 Å². The molecule has 1 aliphatic rings. The highest BCUT2D eigenvalue weighted by Gasteiger charge is 2.35. The van der Waals surface area contributed by atoms with Crippen LogP contribution in [0.1, 0.15) is 33.6 Å². The zero-order chi connectivity index (χ0) is 13.0. The molecule has 1 amide bonds. The Morgan fingerprint density at radius 2 is 1.94 bits per heavy atom. The summed E-state index contributed by atoms with van der Waals surface area (Å²) in [4.78, 5) is 16.5. The van der Waals surface area contributed by atoms with Crippen LogP contribution in [0.4, 0.5) is 0 Å². The van der Waals surface area contributed by atoms with Crippen LogP contribution in [-0.4, -0.2) is 61.0 Å². The van der Waals surface area contributed by atoms with Gasteiger partial charge >= 0.3 is 0 Å². The average Bonchev–Trinajstić information content (AvgIpc) is 2.64. The van der Waals surface area contributed by atoms with Crippen LogP contribution < -0.4 is 5.32 Å². The summed E-state index contributed by atoms with van der Waals surface area (Å²) >= 11 is 0. The number of likely N-dealkylation sites (tertiary alicyclic amines) is 1. The number of hydrogen-bond donors (Lipinski definition) is 1. The molecule has 0 aliphatic carbocycles. The molecule has 1 saturated heterocycles. The maximum atomic E-state index is 12.3. The van der Waals surface area contributed by atoms with E-state index in [4.69, 9.17) is 0 Å². The number of nitrogens with zero attached hydrogens (tertiary/aromatic N) is 2. The molecule has 0 radical (unpaired) electrons. The number of rotatable bonds is 5. The summed E-state index contributed by atoms with van der Waals surface area (Å²) in [7, 11) is 3.80. The molecule has 1 rings (SSSR count). The van der Waals surface area contributed by atoms with Gasteiger partial charge in [0, 0.05) is 32.2 Å². The van der Waals surface area contributed by atoms with E-state index < -0.39 is 0 Å². The molecule has 4 nitrogen and oxygen atoms in total. The Labute approximate surface area is 105 Å². The van der Waals surface area contributed by atoms with Gasteiger partial charge in [-0.25, -0.2) is 0 Å². The first kappa shape index (κ1) is 14.5. The van der Waals surface area contributed by atoms with Gasteiger partial charge in [-0.2, -0.15) is 0 Å². The average molecular weight is 241 g/mol. The molecule has 17 heavy (non-hydrogen) atoms. The predicted octanol–water partition coefficient (Wildman–Crippen LogP) is 0.926. The van der Waals surface area contributed by atoms with E-state index in [1.165, 1.54) is 12.8 Å². The van der Waals surface area contributed by atoms with Gasteiger partial charge in [-0.3, -0.25) is 9.69 Å². The molecule has 0 spiro atoms. The van der Waals surface area contributed by atoms with Gasteiger partial charge in [0.25, 0.3) is 0 Å². The van der Waals surface area contributed by atoms with E-state index in [0.29, 0.717) is 12.1 Å². The fourth-order valence-electron chi connectivity index (χ4n) is 2.81. The third-order valence-corrected chi connectivity index (χ3v) is 3.90. The van der Waals surface area contributed by atoms with Crippen molar-refractivity contribution in [3.05, 3.63) is 0 Å². The van der Waals surface area contributed by atoms with Gasteiger partial charge in [0.1, 0.15) is 0 Å². The molecule has 0 aromatic heterocycles. The van der Waals surface area contributed by atoms with Gasteiger partial charge in [-0.05, 0) is 40.7 Å². The van der Waals surface area contributed by atoms with Crippen molar-refractivity contribution in [2.75, 3.05) is 27.2 Å². The highest BCUT2D eigenvalue weighted by atomic mass is 16.2. The minimum absolute atomic E-state index is 0.00403. The molecule has 0 bridgehead atoms. The maximum Gasteiger partial charge on any atom is 0.239 e. The molecule has 1 heterocycles.